The Labute approximate surface area is 154 Å². The molecule has 3 rings (SSSR count). The minimum absolute atomic E-state index is 0.142. The van der Waals surface area contributed by atoms with Crippen molar-refractivity contribution in [2.24, 2.45) is 0 Å². The highest BCUT2D eigenvalue weighted by Crippen LogP contribution is 2.29. The van der Waals surface area contributed by atoms with Gasteiger partial charge >= 0.3 is 10.1 Å². The highest BCUT2D eigenvalue weighted by Gasteiger charge is 2.19. The lowest BCUT2D eigenvalue weighted by Crippen LogP contribution is -2.07. The van der Waals surface area contributed by atoms with E-state index < -0.39 is 10.1 Å². The Bertz CT molecular complexity index is 963. The Morgan fingerprint density at radius 2 is 1.19 bits per heavy atom. The van der Waals surface area contributed by atoms with E-state index in [-0.39, 0.29) is 4.90 Å². The van der Waals surface area contributed by atoms with Crippen molar-refractivity contribution < 1.29 is 12.6 Å². The molecule has 3 nitrogen and oxygen atoms in total. The van der Waals surface area contributed by atoms with Crippen LogP contribution in [0.25, 0.3) is 5.57 Å². The molecule has 0 N–H and O–H groups in total. The van der Waals surface area contributed by atoms with Gasteiger partial charge in [0.2, 0.25) is 0 Å². The molecule has 0 aromatic heterocycles. The average Bonchev–Trinajstić information content (AvgIpc) is 2.63. The third-order valence-electron chi connectivity index (χ3n) is 4.02. The second kappa shape index (κ2) is 7.58. The van der Waals surface area contributed by atoms with E-state index in [4.69, 9.17) is 4.18 Å². The Morgan fingerprint density at radius 3 is 1.65 bits per heavy atom. The van der Waals surface area contributed by atoms with Crippen LogP contribution in [0.3, 0.4) is 0 Å². The zero-order valence-electron chi connectivity index (χ0n) is 14.7. The fourth-order valence-corrected chi connectivity index (χ4v) is 3.72. The van der Waals surface area contributed by atoms with Crippen LogP contribution in [0.2, 0.25) is 0 Å². The molecule has 132 valence electrons. The lowest BCUT2D eigenvalue weighted by atomic mass is 9.97. The predicted octanol–water partition coefficient (Wildman–Crippen LogP) is 5.18. The maximum atomic E-state index is 12.7. The molecule has 0 heterocycles. The predicted molar refractivity (Wildman–Crippen MR) is 104 cm³/mol. The van der Waals surface area contributed by atoms with Gasteiger partial charge in [0, 0.05) is 5.57 Å². The molecule has 0 amide bonds. The van der Waals surface area contributed by atoms with Crippen LogP contribution in [0, 0.1) is 6.92 Å². The standard InChI is InChI=1S/C22H20O3S/c1-17-13-15-21(16-14-17)26(23,24)25-18(2)22(19-9-5-3-6-10-19)20-11-7-4-8-12-20/h3-16H,1-2H3. The van der Waals surface area contributed by atoms with E-state index in [1.165, 1.54) is 0 Å². The molecular formula is C22H20O3S. The first-order valence-corrected chi connectivity index (χ1v) is 9.71. The highest BCUT2D eigenvalue weighted by atomic mass is 32.2. The van der Waals surface area contributed by atoms with E-state index in [1.807, 2.05) is 67.6 Å². The van der Waals surface area contributed by atoms with Crippen LogP contribution >= 0.6 is 0 Å². The van der Waals surface area contributed by atoms with Crippen LogP contribution < -0.4 is 0 Å². The van der Waals surface area contributed by atoms with Crippen LogP contribution in [0.4, 0.5) is 0 Å². The average molecular weight is 364 g/mol. The summed E-state index contributed by atoms with van der Waals surface area (Å²) in [7, 11) is -3.90. The highest BCUT2D eigenvalue weighted by molar-refractivity contribution is 7.86. The minimum atomic E-state index is -3.90. The van der Waals surface area contributed by atoms with Gasteiger partial charge in [-0.05, 0) is 37.1 Å². The van der Waals surface area contributed by atoms with Crippen LogP contribution in [0.15, 0.2) is 95.6 Å². The van der Waals surface area contributed by atoms with E-state index in [1.54, 1.807) is 31.2 Å². The molecule has 0 radical (unpaired) electrons. The van der Waals surface area contributed by atoms with Gasteiger partial charge in [-0.3, -0.25) is 0 Å². The SMILES string of the molecule is CC(OS(=O)(=O)c1ccc(C)cc1)=C(c1ccccc1)c1ccccc1. The van der Waals surface area contributed by atoms with Gasteiger partial charge < -0.3 is 4.18 Å². The molecular weight excluding hydrogens is 344 g/mol. The number of rotatable bonds is 5. The summed E-state index contributed by atoms with van der Waals surface area (Å²) >= 11 is 0. The van der Waals surface area contributed by atoms with Crippen molar-refractivity contribution in [3.8, 4) is 0 Å². The summed E-state index contributed by atoms with van der Waals surface area (Å²) in [5, 5.41) is 0. The molecule has 26 heavy (non-hydrogen) atoms. The van der Waals surface area contributed by atoms with Gasteiger partial charge in [-0.25, -0.2) is 0 Å². The van der Waals surface area contributed by atoms with Gasteiger partial charge in [-0.2, -0.15) is 8.42 Å². The molecule has 3 aromatic carbocycles. The topological polar surface area (TPSA) is 43.4 Å². The van der Waals surface area contributed by atoms with Gasteiger partial charge in [0.25, 0.3) is 0 Å². The van der Waals surface area contributed by atoms with Crippen molar-refractivity contribution in [2.75, 3.05) is 0 Å². The van der Waals surface area contributed by atoms with E-state index in [0.29, 0.717) is 5.76 Å². The molecule has 0 fully saturated rings. The van der Waals surface area contributed by atoms with E-state index >= 15 is 0 Å². The van der Waals surface area contributed by atoms with Crippen molar-refractivity contribution >= 4 is 15.7 Å². The zero-order valence-corrected chi connectivity index (χ0v) is 15.5. The van der Waals surface area contributed by atoms with Crippen LogP contribution in [-0.4, -0.2) is 8.42 Å². The molecule has 4 heteroatoms. The number of allylic oxidation sites excluding steroid dienone is 1. The fourth-order valence-electron chi connectivity index (χ4n) is 2.74. The molecule has 0 saturated carbocycles. The normalized spacial score (nSPS) is 11.0. The van der Waals surface area contributed by atoms with Crippen LogP contribution in [0.1, 0.15) is 23.6 Å². The molecule has 0 saturated heterocycles. The van der Waals surface area contributed by atoms with E-state index in [2.05, 4.69) is 0 Å². The Morgan fingerprint density at radius 1 is 0.731 bits per heavy atom. The van der Waals surface area contributed by atoms with Gasteiger partial charge in [0.15, 0.2) is 0 Å². The van der Waals surface area contributed by atoms with Crippen molar-refractivity contribution in [3.05, 3.63) is 107 Å². The van der Waals surface area contributed by atoms with Crippen molar-refractivity contribution in [1.29, 1.82) is 0 Å². The van der Waals surface area contributed by atoms with E-state index in [0.717, 1.165) is 22.3 Å². The first kappa shape index (κ1) is 18.0. The summed E-state index contributed by atoms with van der Waals surface area (Å²) in [6, 6.07) is 25.9. The Hall–Kier alpha value is -2.85. The van der Waals surface area contributed by atoms with Gasteiger partial charge in [0.05, 0.1) is 0 Å². The van der Waals surface area contributed by atoms with Crippen molar-refractivity contribution in [2.45, 2.75) is 18.7 Å². The summed E-state index contributed by atoms with van der Waals surface area (Å²) in [5.74, 6) is 0.336. The molecule has 0 aliphatic carbocycles. The van der Waals surface area contributed by atoms with Crippen molar-refractivity contribution in [1.82, 2.24) is 0 Å². The largest absolute Gasteiger partial charge is 0.383 e. The zero-order chi connectivity index (χ0) is 18.6. The fraction of sp³-hybridized carbons (Fsp3) is 0.0909. The molecule has 0 atom stereocenters. The van der Waals surface area contributed by atoms with E-state index in [9.17, 15) is 8.42 Å². The first-order valence-electron chi connectivity index (χ1n) is 8.30. The minimum Gasteiger partial charge on any atom is -0.383 e. The van der Waals surface area contributed by atoms with Gasteiger partial charge in [-0.15, -0.1) is 0 Å². The number of hydrogen-bond acceptors (Lipinski definition) is 3. The second-order valence-electron chi connectivity index (χ2n) is 6.01. The molecule has 0 unspecified atom stereocenters. The summed E-state index contributed by atoms with van der Waals surface area (Å²) in [6.45, 7) is 3.59. The maximum Gasteiger partial charge on any atom is 0.338 e. The maximum absolute atomic E-state index is 12.7. The number of hydrogen-bond donors (Lipinski definition) is 0. The molecule has 0 spiro atoms. The quantitative estimate of drug-likeness (QED) is 0.463. The third-order valence-corrected chi connectivity index (χ3v) is 5.34. The van der Waals surface area contributed by atoms with Crippen LogP contribution in [-0.2, 0) is 14.3 Å². The Kier molecular flexibility index (Phi) is 5.24. The third kappa shape index (κ3) is 4.03. The summed E-state index contributed by atoms with van der Waals surface area (Å²) in [5.41, 5.74) is 3.54. The molecule has 0 bridgehead atoms. The smallest absolute Gasteiger partial charge is 0.338 e. The molecule has 0 aliphatic heterocycles. The van der Waals surface area contributed by atoms with Crippen LogP contribution in [0.5, 0.6) is 0 Å². The summed E-state index contributed by atoms with van der Waals surface area (Å²) in [4.78, 5) is 0.142. The lowest BCUT2D eigenvalue weighted by molar-refractivity contribution is 0.410. The second-order valence-corrected chi connectivity index (χ2v) is 7.56. The monoisotopic (exact) mass is 364 g/mol. The number of aryl methyl sites for hydroxylation is 1. The first-order chi connectivity index (χ1) is 12.5. The van der Waals surface area contributed by atoms with Gasteiger partial charge in [-0.1, -0.05) is 78.4 Å². The summed E-state index contributed by atoms with van der Waals surface area (Å²) < 4.78 is 30.8. The Balaban J connectivity index is 2.07. The number of benzene rings is 3. The lowest BCUT2D eigenvalue weighted by Gasteiger charge is -2.14. The van der Waals surface area contributed by atoms with Crippen molar-refractivity contribution in [3.63, 3.8) is 0 Å². The summed E-state index contributed by atoms with van der Waals surface area (Å²) in [6.07, 6.45) is 0. The van der Waals surface area contributed by atoms with Gasteiger partial charge in [0.1, 0.15) is 10.7 Å². The molecule has 3 aromatic rings. The molecule has 0 aliphatic rings.